The lowest BCUT2D eigenvalue weighted by Crippen LogP contribution is -2.40. The Hall–Kier alpha value is -3.22. The van der Waals surface area contributed by atoms with E-state index in [0.29, 0.717) is 29.9 Å². The molecule has 2 aliphatic heterocycles. The van der Waals surface area contributed by atoms with Crippen LogP contribution in [0.25, 0.3) is 0 Å². The molecule has 4 rings (SSSR count). The highest BCUT2D eigenvalue weighted by atomic mass is 19.1. The SMILES string of the molecule is O=C(Nc1ccc2c(c1)C(=O)N1CCCC1C(=O)N2)c1ccccc1F. The van der Waals surface area contributed by atoms with Crippen molar-refractivity contribution in [3.8, 4) is 0 Å². The van der Waals surface area contributed by atoms with Crippen LogP contribution in [0.2, 0.25) is 0 Å². The molecular formula is C19H16FN3O3. The molecule has 1 unspecified atom stereocenters. The quantitative estimate of drug-likeness (QED) is 0.871. The molecule has 3 amide bonds. The summed E-state index contributed by atoms with van der Waals surface area (Å²) in [6.07, 6.45) is 1.42. The Kier molecular flexibility index (Phi) is 3.91. The average molecular weight is 353 g/mol. The number of anilines is 2. The molecule has 132 valence electrons. The fourth-order valence-electron chi connectivity index (χ4n) is 3.40. The summed E-state index contributed by atoms with van der Waals surface area (Å²) in [6.45, 7) is 0.530. The van der Waals surface area contributed by atoms with Crippen molar-refractivity contribution in [2.45, 2.75) is 18.9 Å². The Balaban J connectivity index is 1.64. The van der Waals surface area contributed by atoms with Gasteiger partial charge in [-0.25, -0.2) is 4.39 Å². The van der Waals surface area contributed by atoms with Gasteiger partial charge in [-0.1, -0.05) is 12.1 Å². The monoisotopic (exact) mass is 353 g/mol. The second kappa shape index (κ2) is 6.25. The Bertz CT molecular complexity index is 928. The summed E-state index contributed by atoms with van der Waals surface area (Å²) in [7, 11) is 0. The third kappa shape index (κ3) is 2.71. The van der Waals surface area contributed by atoms with Gasteiger partial charge in [0.2, 0.25) is 5.91 Å². The van der Waals surface area contributed by atoms with Crippen molar-refractivity contribution in [2.75, 3.05) is 17.2 Å². The molecule has 6 nitrogen and oxygen atoms in total. The van der Waals surface area contributed by atoms with Gasteiger partial charge in [0.1, 0.15) is 11.9 Å². The first-order valence-electron chi connectivity index (χ1n) is 8.36. The molecule has 0 spiro atoms. The minimum atomic E-state index is -0.622. The van der Waals surface area contributed by atoms with Crippen LogP contribution in [0.15, 0.2) is 42.5 Å². The van der Waals surface area contributed by atoms with Gasteiger partial charge < -0.3 is 15.5 Å². The first-order valence-corrected chi connectivity index (χ1v) is 8.36. The molecule has 0 aromatic heterocycles. The molecule has 2 aromatic rings. The summed E-state index contributed by atoms with van der Waals surface area (Å²) >= 11 is 0. The average Bonchev–Trinajstić information content (AvgIpc) is 3.09. The number of nitrogens with zero attached hydrogens (tertiary/aromatic N) is 1. The Morgan fingerprint density at radius 3 is 2.81 bits per heavy atom. The Labute approximate surface area is 149 Å². The number of benzene rings is 2. The van der Waals surface area contributed by atoms with Crippen LogP contribution in [0.1, 0.15) is 33.6 Å². The van der Waals surface area contributed by atoms with Crippen molar-refractivity contribution in [2.24, 2.45) is 0 Å². The van der Waals surface area contributed by atoms with Gasteiger partial charge in [0, 0.05) is 12.2 Å². The van der Waals surface area contributed by atoms with Gasteiger partial charge in [-0.3, -0.25) is 14.4 Å². The van der Waals surface area contributed by atoms with Gasteiger partial charge in [0.05, 0.1) is 16.8 Å². The summed E-state index contributed by atoms with van der Waals surface area (Å²) in [5.74, 6) is -1.67. The second-order valence-corrected chi connectivity index (χ2v) is 6.34. The molecule has 0 radical (unpaired) electrons. The van der Waals surface area contributed by atoms with Crippen LogP contribution in [-0.2, 0) is 4.79 Å². The van der Waals surface area contributed by atoms with E-state index in [1.54, 1.807) is 23.1 Å². The lowest BCUT2D eigenvalue weighted by atomic mass is 10.1. The number of rotatable bonds is 2. The molecule has 26 heavy (non-hydrogen) atoms. The van der Waals surface area contributed by atoms with Crippen LogP contribution in [0.4, 0.5) is 15.8 Å². The van der Waals surface area contributed by atoms with Gasteiger partial charge in [-0.05, 0) is 43.2 Å². The van der Waals surface area contributed by atoms with Crippen LogP contribution in [-0.4, -0.2) is 35.2 Å². The minimum Gasteiger partial charge on any atom is -0.327 e. The summed E-state index contributed by atoms with van der Waals surface area (Å²) in [5.41, 5.74) is 1.01. The fourth-order valence-corrected chi connectivity index (χ4v) is 3.40. The minimum absolute atomic E-state index is 0.0818. The van der Waals surface area contributed by atoms with E-state index in [2.05, 4.69) is 10.6 Å². The van der Waals surface area contributed by atoms with E-state index in [-0.39, 0.29) is 17.4 Å². The van der Waals surface area contributed by atoms with Crippen LogP contribution in [0.3, 0.4) is 0 Å². The molecule has 2 aromatic carbocycles. The van der Waals surface area contributed by atoms with Crippen molar-refractivity contribution < 1.29 is 18.8 Å². The second-order valence-electron chi connectivity index (χ2n) is 6.34. The smallest absolute Gasteiger partial charge is 0.258 e. The third-order valence-electron chi connectivity index (χ3n) is 4.70. The van der Waals surface area contributed by atoms with Gasteiger partial charge in [-0.2, -0.15) is 0 Å². The topological polar surface area (TPSA) is 78.5 Å². The van der Waals surface area contributed by atoms with Crippen molar-refractivity contribution in [3.63, 3.8) is 0 Å². The molecule has 0 saturated carbocycles. The number of amides is 3. The largest absolute Gasteiger partial charge is 0.327 e. The third-order valence-corrected chi connectivity index (χ3v) is 4.70. The van der Waals surface area contributed by atoms with Gasteiger partial charge in [-0.15, -0.1) is 0 Å². The molecule has 1 fully saturated rings. The number of carbonyl (C=O) groups is 3. The predicted molar refractivity (Wildman–Crippen MR) is 93.5 cm³/mol. The zero-order valence-electron chi connectivity index (χ0n) is 13.8. The van der Waals surface area contributed by atoms with Crippen molar-refractivity contribution in [1.82, 2.24) is 4.90 Å². The van der Waals surface area contributed by atoms with Crippen molar-refractivity contribution in [3.05, 3.63) is 59.4 Å². The van der Waals surface area contributed by atoms with Crippen LogP contribution in [0, 0.1) is 5.82 Å². The van der Waals surface area contributed by atoms with Gasteiger partial charge >= 0.3 is 0 Å². The fraction of sp³-hybridized carbons (Fsp3) is 0.211. The van der Waals surface area contributed by atoms with Crippen LogP contribution >= 0.6 is 0 Å². The van der Waals surface area contributed by atoms with E-state index in [0.717, 1.165) is 6.42 Å². The maximum Gasteiger partial charge on any atom is 0.258 e. The highest BCUT2D eigenvalue weighted by Gasteiger charge is 2.38. The molecular weight excluding hydrogens is 337 g/mol. The van der Waals surface area contributed by atoms with Crippen LogP contribution < -0.4 is 10.6 Å². The highest BCUT2D eigenvalue weighted by Crippen LogP contribution is 2.30. The molecule has 2 heterocycles. The maximum absolute atomic E-state index is 13.8. The van der Waals surface area contributed by atoms with Gasteiger partial charge in [0.15, 0.2) is 0 Å². The number of hydrogen-bond donors (Lipinski definition) is 2. The molecule has 0 bridgehead atoms. The normalized spacial score (nSPS) is 18.7. The summed E-state index contributed by atoms with van der Waals surface area (Å²) in [5, 5.41) is 5.37. The van der Waals surface area contributed by atoms with Crippen molar-refractivity contribution >= 4 is 29.1 Å². The van der Waals surface area contributed by atoms with E-state index in [9.17, 15) is 18.8 Å². The number of fused-ring (bicyclic) bond motifs is 2. The molecule has 1 saturated heterocycles. The Morgan fingerprint density at radius 1 is 1.19 bits per heavy atom. The van der Waals surface area contributed by atoms with E-state index >= 15 is 0 Å². The van der Waals surface area contributed by atoms with Crippen molar-refractivity contribution in [1.29, 1.82) is 0 Å². The number of carbonyl (C=O) groups excluding carboxylic acids is 3. The molecule has 0 aliphatic carbocycles. The van der Waals surface area contributed by atoms with E-state index in [1.807, 2.05) is 0 Å². The van der Waals surface area contributed by atoms with E-state index < -0.39 is 17.8 Å². The maximum atomic E-state index is 13.8. The number of halogens is 1. The summed E-state index contributed by atoms with van der Waals surface area (Å²) in [4.78, 5) is 38.9. The standard InChI is InChI=1S/C19H16FN3O3/c20-14-5-2-1-4-12(14)17(24)21-11-7-8-15-13(10-11)19(26)23-9-3-6-16(23)18(25)22-15/h1-2,4-5,7-8,10,16H,3,6,9H2,(H,21,24)(H,22,25). The molecule has 2 N–H and O–H groups in total. The van der Waals surface area contributed by atoms with Crippen LogP contribution in [0.5, 0.6) is 0 Å². The Morgan fingerprint density at radius 2 is 2.00 bits per heavy atom. The zero-order valence-corrected chi connectivity index (χ0v) is 13.8. The first kappa shape index (κ1) is 16.3. The molecule has 7 heteroatoms. The number of nitrogens with one attached hydrogen (secondary N) is 2. The highest BCUT2D eigenvalue weighted by molar-refractivity contribution is 6.11. The number of hydrogen-bond acceptors (Lipinski definition) is 3. The lowest BCUT2D eigenvalue weighted by molar-refractivity contribution is -0.119. The first-order chi connectivity index (χ1) is 12.5. The summed E-state index contributed by atoms with van der Waals surface area (Å²) < 4.78 is 13.8. The zero-order chi connectivity index (χ0) is 18.3. The molecule has 1 atom stereocenters. The predicted octanol–water partition coefficient (Wildman–Crippen LogP) is 2.63. The lowest BCUT2D eigenvalue weighted by Gasteiger charge is -2.20. The molecule has 2 aliphatic rings. The van der Waals surface area contributed by atoms with E-state index in [1.165, 1.54) is 24.3 Å². The van der Waals surface area contributed by atoms with E-state index in [4.69, 9.17) is 0 Å². The summed E-state index contributed by atoms with van der Waals surface area (Å²) in [6, 6.07) is 9.87. The van der Waals surface area contributed by atoms with Gasteiger partial charge in [0.25, 0.3) is 11.8 Å².